The number of rotatable bonds is 6. The first-order valence-electron chi connectivity index (χ1n) is 10.7. The quantitative estimate of drug-likeness (QED) is 0.578. The van der Waals surface area contributed by atoms with Gasteiger partial charge in [-0.1, -0.05) is 6.07 Å². The second-order valence-corrected chi connectivity index (χ2v) is 8.74. The molecule has 0 radical (unpaired) electrons. The topological polar surface area (TPSA) is 89.6 Å². The summed E-state index contributed by atoms with van der Waals surface area (Å²) >= 11 is 1.38. The third-order valence-electron chi connectivity index (χ3n) is 5.60. The molecule has 7 nitrogen and oxygen atoms in total. The molecule has 1 aromatic heterocycles. The molecule has 2 aliphatic heterocycles. The summed E-state index contributed by atoms with van der Waals surface area (Å²) in [6.07, 6.45) is 3.48. The predicted octanol–water partition coefficient (Wildman–Crippen LogP) is 4.50. The molecule has 8 heteroatoms. The summed E-state index contributed by atoms with van der Waals surface area (Å²) < 4.78 is 11.3. The van der Waals surface area contributed by atoms with Gasteiger partial charge in [0.1, 0.15) is 12.4 Å². The highest BCUT2D eigenvalue weighted by molar-refractivity contribution is 7.14. The number of benzene rings is 2. The maximum absolute atomic E-state index is 12.6. The molecule has 1 atom stereocenters. The van der Waals surface area contributed by atoms with Crippen LogP contribution in [0, 0.1) is 0 Å². The predicted molar refractivity (Wildman–Crippen MR) is 123 cm³/mol. The molecular weight excluding hydrogens is 426 g/mol. The van der Waals surface area contributed by atoms with E-state index >= 15 is 0 Å². The molecule has 2 aromatic carbocycles. The minimum atomic E-state index is -0.218. The molecule has 1 fully saturated rings. The number of hydrogen-bond donors (Lipinski definition) is 2. The smallest absolute Gasteiger partial charge is 0.257 e. The van der Waals surface area contributed by atoms with Crippen molar-refractivity contribution >= 4 is 34.0 Å². The summed E-state index contributed by atoms with van der Waals surface area (Å²) in [7, 11) is 0. The number of anilines is 2. The molecule has 2 aliphatic rings. The van der Waals surface area contributed by atoms with Crippen LogP contribution in [0.2, 0.25) is 0 Å². The van der Waals surface area contributed by atoms with Crippen molar-refractivity contribution in [1.29, 1.82) is 0 Å². The van der Waals surface area contributed by atoms with Crippen molar-refractivity contribution in [3.63, 3.8) is 0 Å². The number of carbonyl (C=O) groups excluding carboxylic acids is 2. The molecule has 3 aromatic rings. The second kappa shape index (κ2) is 9.10. The molecule has 0 spiro atoms. The fraction of sp³-hybridized carbons (Fsp3) is 0.292. The van der Waals surface area contributed by atoms with Gasteiger partial charge in [0.05, 0.1) is 11.8 Å². The van der Waals surface area contributed by atoms with Gasteiger partial charge in [0, 0.05) is 35.2 Å². The molecule has 1 saturated heterocycles. The zero-order valence-electron chi connectivity index (χ0n) is 17.4. The van der Waals surface area contributed by atoms with E-state index in [1.54, 1.807) is 24.3 Å². The van der Waals surface area contributed by atoms with E-state index in [0.29, 0.717) is 23.7 Å². The zero-order valence-corrected chi connectivity index (χ0v) is 18.2. The van der Waals surface area contributed by atoms with Gasteiger partial charge in [-0.3, -0.25) is 14.9 Å². The Labute approximate surface area is 189 Å². The number of nitrogens with zero attached hydrogens (tertiary/aromatic N) is 1. The standard InChI is InChI=1S/C24H23N3O4S/c28-22-10-6-16-12-17(5-9-20(16)25-22)21-14-32-24(26-21)27-23(29)15-3-7-18(8-4-15)31-13-19-2-1-11-30-19/h3-5,7-9,12,14,19H,1-2,6,10-11,13H2,(H,25,28)(H,26,27,29)/t19-/m1/s1. The number of nitrogens with one attached hydrogen (secondary N) is 2. The number of carbonyl (C=O) groups is 2. The largest absolute Gasteiger partial charge is 0.491 e. The molecular formula is C24H23N3O4S. The van der Waals surface area contributed by atoms with Crippen molar-refractivity contribution < 1.29 is 19.1 Å². The Morgan fingerprint density at radius 3 is 2.91 bits per heavy atom. The Hall–Kier alpha value is -3.23. The number of thiazole rings is 1. The number of hydrogen-bond acceptors (Lipinski definition) is 6. The van der Waals surface area contributed by atoms with Crippen molar-refractivity contribution in [1.82, 2.24) is 4.98 Å². The third kappa shape index (κ3) is 4.66. The number of aryl methyl sites for hydroxylation is 1. The van der Waals surface area contributed by atoms with Gasteiger partial charge in [-0.15, -0.1) is 11.3 Å². The van der Waals surface area contributed by atoms with Crippen molar-refractivity contribution in [3.05, 3.63) is 59.0 Å². The third-order valence-corrected chi connectivity index (χ3v) is 6.36. The van der Waals surface area contributed by atoms with Gasteiger partial charge in [-0.05, 0) is 61.2 Å². The van der Waals surface area contributed by atoms with Gasteiger partial charge in [0.25, 0.3) is 5.91 Å². The molecule has 0 unspecified atom stereocenters. The zero-order chi connectivity index (χ0) is 21.9. The molecule has 164 valence electrons. The van der Waals surface area contributed by atoms with Crippen molar-refractivity contribution in [3.8, 4) is 17.0 Å². The highest BCUT2D eigenvalue weighted by Crippen LogP contribution is 2.30. The molecule has 0 bridgehead atoms. The van der Waals surface area contributed by atoms with Gasteiger partial charge in [-0.25, -0.2) is 4.98 Å². The number of fused-ring (bicyclic) bond motifs is 1. The normalized spacial score (nSPS) is 17.5. The summed E-state index contributed by atoms with van der Waals surface area (Å²) in [6, 6.07) is 13.0. The summed E-state index contributed by atoms with van der Waals surface area (Å²) in [6.45, 7) is 1.33. The first kappa shape index (κ1) is 20.7. The van der Waals surface area contributed by atoms with Crippen LogP contribution < -0.4 is 15.4 Å². The van der Waals surface area contributed by atoms with E-state index < -0.39 is 0 Å². The van der Waals surface area contributed by atoms with Crippen molar-refractivity contribution in [2.24, 2.45) is 0 Å². The number of aromatic nitrogens is 1. The van der Waals surface area contributed by atoms with Crippen LogP contribution in [0.15, 0.2) is 47.8 Å². The maximum atomic E-state index is 12.6. The Balaban J connectivity index is 1.20. The van der Waals surface area contributed by atoms with E-state index in [4.69, 9.17) is 9.47 Å². The minimum absolute atomic E-state index is 0.0475. The fourth-order valence-electron chi connectivity index (χ4n) is 3.84. The molecule has 0 saturated carbocycles. The van der Waals surface area contributed by atoms with Gasteiger partial charge < -0.3 is 14.8 Å². The van der Waals surface area contributed by atoms with Crippen LogP contribution >= 0.6 is 11.3 Å². The molecule has 0 aliphatic carbocycles. The minimum Gasteiger partial charge on any atom is -0.491 e. The summed E-state index contributed by atoms with van der Waals surface area (Å²) in [5.74, 6) is 0.549. The van der Waals surface area contributed by atoms with Crippen LogP contribution in [0.1, 0.15) is 35.2 Å². The molecule has 3 heterocycles. The van der Waals surface area contributed by atoms with E-state index in [-0.39, 0.29) is 17.9 Å². The van der Waals surface area contributed by atoms with Gasteiger partial charge in [0.2, 0.25) is 5.91 Å². The monoisotopic (exact) mass is 449 g/mol. The molecule has 2 amide bonds. The van der Waals surface area contributed by atoms with Crippen LogP contribution in [0.4, 0.5) is 10.8 Å². The van der Waals surface area contributed by atoms with Crippen LogP contribution in [-0.2, 0) is 16.0 Å². The first-order valence-corrected chi connectivity index (χ1v) is 11.6. The van der Waals surface area contributed by atoms with E-state index in [1.165, 1.54) is 11.3 Å². The lowest BCUT2D eigenvalue weighted by atomic mass is 9.99. The van der Waals surface area contributed by atoms with E-state index in [1.807, 2.05) is 23.6 Å². The van der Waals surface area contributed by atoms with E-state index in [0.717, 1.165) is 54.1 Å². The lowest BCUT2D eigenvalue weighted by Gasteiger charge is -2.17. The Morgan fingerprint density at radius 1 is 1.22 bits per heavy atom. The van der Waals surface area contributed by atoms with Crippen LogP contribution in [-0.4, -0.2) is 36.1 Å². The SMILES string of the molecule is O=C1CCc2cc(-c3csc(NC(=O)c4ccc(OC[C@H]5CCCO5)cc4)n3)ccc2N1. The highest BCUT2D eigenvalue weighted by Gasteiger charge is 2.17. The van der Waals surface area contributed by atoms with Crippen LogP contribution in [0.3, 0.4) is 0 Å². The van der Waals surface area contributed by atoms with Crippen LogP contribution in [0.25, 0.3) is 11.3 Å². The first-order chi connectivity index (χ1) is 15.6. The van der Waals surface area contributed by atoms with Crippen LogP contribution in [0.5, 0.6) is 5.75 Å². The Bertz CT molecular complexity index is 1140. The van der Waals surface area contributed by atoms with Gasteiger partial charge >= 0.3 is 0 Å². The van der Waals surface area contributed by atoms with Gasteiger partial charge in [0.15, 0.2) is 5.13 Å². The lowest BCUT2D eigenvalue weighted by Crippen LogP contribution is -2.18. The average molecular weight is 450 g/mol. The average Bonchev–Trinajstić information content (AvgIpc) is 3.50. The van der Waals surface area contributed by atoms with Gasteiger partial charge in [-0.2, -0.15) is 0 Å². The molecule has 32 heavy (non-hydrogen) atoms. The lowest BCUT2D eigenvalue weighted by molar-refractivity contribution is -0.116. The Morgan fingerprint density at radius 2 is 2.09 bits per heavy atom. The number of amides is 2. The van der Waals surface area contributed by atoms with E-state index in [9.17, 15) is 9.59 Å². The summed E-state index contributed by atoms with van der Waals surface area (Å²) in [5, 5.41) is 8.20. The molecule has 2 N–H and O–H groups in total. The number of ether oxygens (including phenoxy) is 2. The summed E-state index contributed by atoms with van der Waals surface area (Å²) in [5.41, 5.74) is 4.25. The second-order valence-electron chi connectivity index (χ2n) is 7.88. The maximum Gasteiger partial charge on any atom is 0.257 e. The van der Waals surface area contributed by atoms with E-state index in [2.05, 4.69) is 15.6 Å². The highest BCUT2D eigenvalue weighted by atomic mass is 32.1. The van der Waals surface area contributed by atoms with Crippen molar-refractivity contribution in [2.75, 3.05) is 23.8 Å². The fourth-order valence-corrected chi connectivity index (χ4v) is 4.56. The van der Waals surface area contributed by atoms with Crippen molar-refractivity contribution in [2.45, 2.75) is 31.8 Å². The Kier molecular flexibility index (Phi) is 5.87. The summed E-state index contributed by atoms with van der Waals surface area (Å²) in [4.78, 5) is 28.7. The molecule has 5 rings (SSSR count).